The Morgan fingerprint density at radius 2 is 2.09 bits per heavy atom. The van der Waals surface area contributed by atoms with Gasteiger partial charge in [0.05, 0.1) is 11.7 Å². The van der Waals surface area contributed by atoms with Crippen molar-refractivity contribution in [2.45, 2.75) is 38.4 Å². The van der Waals surface area contributed by atoms with E-state index in [4.69, 9.17) is 4.74 Å². The molecule has 2 fully saturated rings. The normalized spacial score (nSPS) is 37.1. The van der Waals surface area contributed by atoms with E-state index < -0.39 is 0 Å². The Kier molecular flexibility index (Phi) is 1.69. The molecule has 0 aromatic carbocycles. The Balaban J connectivity index is 1.92. The summed E-state index contributed by atoms with van der Waals surface area (Å²) in [6, 6.07) is 0. The van der Waals surface area contributed by atoms with E-state index in [2.05, 4.69) is 19.2 Å². The van der Waals surface area contributed by atoms with Gasteiger partial charge in [0.2, 0.25) is 0 Å². The summed E-state index contributed by atoms with van der Waals surface area (Å²) in [5, 5.41) is 3.42. The predicted octanol–water partition coefficient (Wildman–Crippen LogP) is 1.16. The molecule has 0 radical (unpaired) electrons. The molecule has 0 aromatic rings. The highest BCUT2D eigenvalue weighted by Gasteiger charge is 2.38. The van der Waals surface area contributed by atoms with E-state index >= 15 is 0 Å². The molecule has 1 atom stereocenters. The van der Waals surface area contributed by atoms with Gasteiger partial charge in [-0.05, 0) is 32.6 Å². The van der Waals surface area contributed by atoms with Crippen molar-refractivity contribution in [1.82, 2.24) is 5.32 Å². The molecule has 2 nitrogen and oxygen atoms in total. The van der Waals surface area contributed by atoms with Crippen LogP contribution in [0.2, 0.25) is 0 Å². The number of hydrogen-bond donors (Lipinski definition) is 1. The van der Waals surface area contributed by atoms with Gasteiger partial charge in [-0.1, -0.05) is 0 Å². The molecule has 2 heteroatoms. The van der Waals surface area contributed by atoms with Crippen LogP contribution in [0.4, 0.5) is 0 Å². The van der Waals surface area contributed by atoms with Gasteiger partial charge in [-0.25, -0.2) is 0 Å². The molecule has 0 aromatic heterocycles. The van der Waals surface area contributed by atoms with Crippen LogP contribution in [0, 0.1) is 5.92 Å². The second-order valence-corrected chi connectivity index (χ2v) is 4.38. The number of rotatable bonds is 1. The number of hydrogen-bond acceptors (Lipinski definition) is 2. The third-order valence-electron chi connectivity index (χ3n) is 2.51. The molecule has 1 aliphatic carbocycles. The van der Waals surface area contributed by atoms with Crippen molar-refractivity contribution in [2.75, 3.05) is 13.1 Å². The number of nitrogens with one attached hydrogen (secondary N) is 1. The van der Waals surface area contributed by atoms with Gasteiger partial charge >= 0.3 is 0 Å². The molecule has 2 rings (SSSR count). The fourth-order valence-electron chi connectivity index (χ4n) is 1.74. The van der Waals surface area contributed by atoms with Gasteiger partial charge in [0.1, 0.15) is 0 Å². The average Bonchev–Trinajstić information content (AvgIpc) is 2.65. The Morgan fingerprint density at radius 1 is 1.36 bits per heavy atom. The first-order valence-electron chi connectivity index (χ1n) is 4.56. The van der Waals surface area contributed by atoms with Crippen LogP contribution < -0.4 is 5.32 Å². The zero-order valence-corrected chi connectivity index (χ0v) is 7.39. The Labute approximate surface area is 68.3 Å². The maximum absolute atomic E-state index is 5.94. The summed E-state index contributed by atoms with van der Waals surface area (Å²) in [7, 11) is 0. The van der Waals surface area contributed by atoms with Crippen LogP contribution in [-0.2, 0) is 4.74 Å². The topological polar surface area (TPSA) is 21.3 Å². The third-order valence-corrected chi connectivity index (χ3v) is 2.51. The highest BCUT2D eigenvalue weighted by Crippen LogP contribution is 2.36. The van der Waals surface area contributed by atoms with Crippen LogP contribution in [0.3, 0.4) is 0 Å². The van der Waals surface area contributed by atoms with E-state index in [1.165, 1.54) is 12.8 Å². The first kappa shape index (κ1) is 7.56. The summed E-state index contributed by atoms with van der Waals surface area (Å²) in [6.45, 7) is 6.38. The Bertz CT molecular complexity index is 152. The third kappa shape index (κ3) is 1.74. The fraction of sp³-hybridized carbons (Fsp3) is 1.00. The number of morpholine rings is 1. The molecule has 0 bridgehead atoms. The molecular formula is C9H17NO. The minimum atomic E-state index is 0.0610. The molecular weight excluding hydrogens is 138 g/mol. The lowest BCUT2D eigenvalue weighted by molar-refractivity contribution is -0.102. The van der Waals surface area contributed by atoms with Crippen LogP contribution in [0.5, 0.6) is 0 Å². The fourth-order valence-corrected chi connectivity index (χ4v) is 1.74. The summed E-state index contributed by atoms with van der Waals surface area (Å²) < 4.78 is 5.94. The van der Waals surface area contributed by atoms with Crippen molar-refractivity contribution >= 4 is 0 Å². The van der Waals surface area contributed by atoms with Crippen molar-refractivity contribution in [3.05, 3.63) is 0 Å². The molecule has 1 N–H and O–H groups in total. The van der Waals surface area contributed by atoms with E-state index in [1.54, 1.807) is 0 Å². The van der Waals surface area contributed by atoms with Crippen LogP contribution >= 0.6 is 0 Å². The number of ether oxygens (including phenoxy) is 1. The Hall–Kier alpha value is -0.0800. The SMILES string of the molecule is CC1(C)CNCC(C2CC2)O1. The molecule has 11 heavy (non-hydrogen) atoms. The largest absolute Gasteiger partial charge is 0.369 e. The zero-order chi connectivity index (χ0) is 7.90. The smallest absolute Gasteiger partial charge is 0.0754 e. The minimum absolute atomic E-state index is 0.0610. The van der Waals surface area contributed by atoms with Gasteiger partial charge < -0.3 is 10.1 Å². The maximum atomic E-state index is 5.94. The monoisotopic (exact) mass is 155 g/mol. The molecule has 1 heterocycles. The lowest BCUT2D eigenvalue weighted by Gasteiger charge is -2.36. The summed E-state index contributed by atoms with van der Waals surface area (Å²) in [5.41, 5.74) is 0.0610. The van der Waals surface area contributed by atoms with Gasteiger partial charge in [-0.2, -0.15) is 0 Å². The molecule has 1 saturated heterocycles. The molecule has 1 unspecified atom stereocenters. The predicted molar refractivity (Wildman–Crippen MR) is 44.5 cm³/mol. The van der Waals surface area contributed by atoms with Crippen LogP contribution in [-0.4, -0.2) is 24.8 Å². The van der Waals surface area contributed by atoms with Gasteiger partial charge in [0, 0.05) is 13.1 Å². The van der Waals surface area contributed by atoms with Gasteiger partial charge in [0.15, 0.2) is 0 Å². The van der Waals surface area contributed by atoms with Gasteiger partial charge in [-0.15, -0.1) is 0 Å². The lowest BCUT2D eigenvalue weighted by atomic mass is 10.1. The molecule has 1 saturated carbocycles. The van der Waals surface area contributed by atoms with E-state index in [9.17, 15) is 0 Å². The average molecular weight is 155 g/mol. The highest BCUT2D eigenvalue weighted by atomic mass is 16.5. The van der Waals surface area contributed by atoms with Crippen molar-refractivity contribution in [2.24, 2.45) is 5.92 Å². The van der Waals surface area contributed by atoms with E-state index in [0.717, 1.165) is 19.0 Å². The summed E-state index contributed by atoms with van der Waals surface area (Å²) in [5.74, 6) is 0.863. The molecule has 2 aliphatic rings. The van der Waals surface area contributed by atoms with Crippen LogP contribution in [0.25, 0.3) is 0 Å². The summed E-state index contributed by atoms with van der Waals surface area (Å²) in [6.07, 6.45) is 3.25. The van der Waals surface area contributed by atoms with E-state index in [1.807, 2.05) is 0 Å². The lowest BCUT2D eigenvalue weighted by Crippen LogP contribution is -2.51. The van der Waals surface area contributed by atoms with Crippen molar-refractivity contribution in [1.29, 1.82) is 0 Å². The maximum Gasteiger partial charge on any atom is 0.0754 e. The molecule has 0 spiro atoms. The zero-order valence-electron chi connectivity index (χ0n) is 7.39. The second kappa shape index (κ2) is 2.46. The quantitative estimate of drug-likeness (QED) is 0.613. The standard InChI is InChI=1S/C9H17NO/c1-9(2)6-10-5-8(11-9)7-3-4-7/h7-8,10H,3-6H2,1-2H3. The second-order valence-electron chi connectivity index (χ2n) is 4.38. The molecule has 1 aliphatic heterocycles. The van der Waals surface area contributed by atoms with Crippen molar-refractivity contribution in [3.63, 3.8) is 0 Å². The van der Waals surface area contributed by atoms with E-state index in [-0.39, 0.29) is 5.60 Å². The van der Waals surface area contributed by atoms with Crippen LogP contribution in [0.15, 0.2) is 0 Å². The van der Waals surface area contributed by atoms with Crippen molar-refractivity contribution < 1.29 is 4.74 Å². The highest BCUT2D eigenvalue weighted by molar-refractivity contribution is 4.90. The van der Waals surface area contributed by atoms with Gasteiger partial charge in [0.25, 0.3) is 0 Å². The molecule has 64 valence electrons. The Morgan fingerprint density at radius 3 is 2.64 bits per heavy atom. The summed E-state index contributed by atoms with van der Waals surface area (Å²) >= 11 is 0. The first-order chi connectivity index (χ1) is 5.17. The summed E-state index contributed by atoms with van der Waals surface area (Å²) in [4.78, 5) is 0. The van der Waals surface area contributed by atoms with Crippen LogP contribution in [0.1, 0.15) is 26.7 Å². The van der Waals surface area contributed by atoms with Crippen molar-refractivity contribution in [3.8, 4) is 0 Å². The van der Waals surface area contributed by atoms with E-state index in [0.29, 0.717) is 6.10 Å². The van der Waals surface area contributed by atoms with Gasteiger partial charge in [-0.3, -0.25) is 0 Å². The molecule has 0 amide bonds. The first-order valence-corrected chi connectivity index (χ1v) is 4.56. The minimum Gasteiger partial charge on any atom is -0.369 e.